The lowest BCUT2D eigenvalue weighted by molar-refractivity contribution is -0.143. The minimum Gasteiger partial charge on any atom is -0.466 e. The number of unbranched alkanes of at least 4 members (excludes halogenated alkanes) is 9. The number of aliphatic hydroxyl groups excluding tert-OH is 3. The lowest BCUT2D eigenvalue weighted by atomic mass is 10.1. The second kappa shape index (κ2) is 23.9. The predicted octanol–water partition coefficient (Wildman–Crippen LogP) is 1.99. The van der Waals surface area contributed by atoms with E-state index in [1.807, 2.05) is 0 Å². The summed E-state index contributed by atoms with van der Waals surface area (Å²) in [6.45, 7) is 4.31. The van der Waals surface area contributed by atoms with Gasteiger partial charge in [-0.1, -0.05) is 64.7 Å². The van der Waals surface area contributed by atoms with Gasteiger partial charge in [0.05, 0.1) is 38.6 Å². The highest BCUT2D eigenvalue weighted by Crippen LogP contribution is 2.10. The first-order chi connectivity index (χ1) is 14.8. The Labute approximate surface area is 188 Å². The van der Waals surface area contributed by atoms with Crippen molar-refractivity contribution in [3.05, 3.63) is 0 Å². The van der Waals surface area contributed by atoms with Crippen molar-refractivity contribution in [2.24, 2.45) is 0 Å². The van der Waals surface area contributed by atoms with Crippen LogP contribution in [0.25, 0.3) is 0 Å². The summed E-state index contributed by atoms with van der Waals surface area (Å²) in [5.41, 5.74) is 0. The minimum atomic E-state index is -4.07. The van der Waals surface area contributed by atoms with Gasteiger partial charge >= 0.3 is 5.97 Å². The zero-order valence-corrected chi connectivity index (χ0v) is 20.0. The summed E-state index contributed by atoms with van der Waals surface area (Å²) < 4.78 is 34.3. The minimum absolute atomic E-state index is 0.0694. The van der Waals surface area contributed by atoms with Crippen LogP contribution in [0.3, 0.4) is 0 Å². The lowest BCUT2D eigenvalue weighted by Crippen LogP contribution is -2.32. The second-order valence-electron chi connectivity index (χ2n) is 7.45. The first-order valence-corrected chi connectivity index (χ1v) is 13.1. The molecule has 31 heavy (non-hydrogen) atoms. The van der Waals surface area contributed by atoms with E-state index in [2.05, 4.69) is 6.92 Å². The molecule has 0 saturated carbocycles. The molecule has 0 amide bonds. The highest BCUT2D eigenvalue weighted by Gasteiger charge is 2.10. The van der Waals surface area contributed by atoms with Gasteiger partial charge in [-0.3, -0.25) is 14.2 Å². The molecule has 0 aromatic rings. The fourth-order valence-electron chi connectivity index (χ4n) is 2.82. The van der Waals surface area contributed by atoms with Crippen LogP contribution in [0.2, 0.25) is 0 Å². The van der Waals surface area contributed by atoms with Crippen LogP contribution in [0.15, 0.2) is 0 Å². The molecule has 10 heteroatoms. The maximum absolute atomic E-state index is 11.2. The van der Waals surface area contributed by atoms with E-state index in [1.165, 1.54) is 44.9 Å². The van der Waals surface area contributed by atoms with Crippen molar-refractivity contribution in [3.63, 3.8) is 0 Å². The summed E-state index contributed by atoms with van der Waals surface area (Å²) in [4.78, 5) is 12.9. The van der Waals surface area contributed by atoms with E-state index in [1.54, 1.807) is 4.90 Å². The Kier molecular flexibility index (Phi) is 25.0. The number of rotatable bonds is 20. The molecule has 0 aliphatic rings. The van der Waals surface area contributed by atoms with Gasteiger partial charge in [0.15, 0.2) is 0 Å². The maximum atomic E-state index is 11.2. The maximum Gasteiger partial charge on any atom is 0.306 e. The fourth-order valence-corrected chi connectivity index (χ4v) is 3.24. The van der Waals surface area contributed by atoms with Crippen molar-refractivity contribution in [3.8, 4) is 0 Å². The first kappa shape index (κ1) is 32.4. The summed E-state index contributed by atoms with van der Waals surface area (Å²) in [6.07, 6.45) is 11.8. The molecule has 0 unspecified atom stereocenters. The fraction of sp³-hybridized carbons (Fsp3) is 0.952. The Balaban J connectivity index is 0. The summed E-state index contributed by atoms with van der Waals surface area (Å²) in [7, 11) is -4.07. The number of carbonyl (C=O) groups excluding carboxylic acids is 1. The van der Waals surface area contributed by atoms with E-state index in [9.17, 15) is 13.2 Å². The van der Waals surface area contributed by atoms with Crippen LogP contribution in [0.1, 0.15) is 77.6 Å². The molecule has 4 N–H and O–H groups in total. The number of ether oxygens (including phenoxy) is 1. The quantitative estimate of drug-likeness (QED) is 0.119. The standard InChI is InChI=1S/C15H30O5S.C6H15NO3/c1-2-3-4-5-6-7-8-9-10-11-13-20-15(16)12-14-21(17,18)19;8-4-1-7(2-5-9)3-6-10/h2-14H2,1H3,(H,17,18,19);8-10H,1-6H2. The molecule has 9 nitrogen and oxygen atoms in total. The van der Waals surface area contributed by atoms with Gasteiger partial charge in [-0.15, -0.1) is 0 Å². The molecule has 0 aromatic carbocycles. The van der Waals surface area contributed by atoms with Gasteiger partial charge in [-0.2, -0.15) is 8.42 Å². The topological polar surface area (TPSA) is 145 Å². The zero-order valence-electron chi connectivity index (χ0n) is 19.2. The third kappa shape index (κ3) is 29.2. The van der Waals surface area contributed by atoms with Gasteiger partial charge in [0.1, 0.15) is 0 Å². The number of hydrogen-bond donors (Lipinski definition) is 4. The summed E-state index contributed by atoms with van der Waals surface area (Å²) in [6, 6.07) is 0. The predicted molar refractivity (Wildman–Crippen MR) is 122 cm³/mol. The van der Waals surface area contributed by atoms with Gasteiger partial charge in [-0.05, 0) is 6.42 Å². The van der Waals surface area contributed by atoms with E-state index >= 15 is 0 Å². The van der Waals surface area contributed by atoms with Crippen LogP contribution < -0.4 is 0 Å². The molecule has 0 spiro atoms. The largest absolute Gasteiger partial charge is 0.466 e. The van der Waals surface area contributed by atoms with E-state index in [4.69, 9.17) is 24.6 Å². The van der Waals surface area contributed by atoms with E-state index < -0.39 is 21.8 Å². The average molecular weight is 472 g/mol. The Hall–Kier alpha value is -0.780. The number of aliphatic hydroxyl groups is 3. The Morgan fingerprint density at radius 1 is 0.774 bits per heavy atom. The van der Waals surface area contributed by atoms with Gasteiger partial charge in [-0.25, -0.2) is 0 Å². The highest BCUT2D eigenvalue weighted by molar-refractivity contribution is 7.85. The summed E-state index contributed by atoms with van der Waals surface area (Å²) in [5, 5.41) is 25.5. The van der Waals surface area contributed by atoms with E-state index in [-0.39, 0.29) is 26.2 Å². The number of carbonyl (C=O) groups is 1. The molecule has 188 valence electrons. The third-order valence-corrected chi connectivity index (χ3v) is 5.29. The second-order valence-corrected chi connectivity index (χ2v) is 9.02. The van der Waals surface area contributed by atoms with Crippen LogP contribution >= 0.6 is 0 Å². The monoisotopic (exact) mass is 471 g/mol. The summed E-state index contributed by atoms with van der Waals surface area (Å²) in [5.74, 6) is -1.13. The van der Waals surface area contributed by atoms with Gasteiger partial charge in [0.25, 0.3) is 10.1 Å². The van der Waals surface area contributed by atoms with Crippen molar-refractivity contribution in [2.45, 2.75) is 77.6 Å². The molecule has 0 heterocycles. The molecule has 0 aliphatic carbocycles. The highest BCUT2D eigenvalue weighted by atomic mass is 32.2. The molecular weight excluding hydrogens is 426 g/mol. The molecule has 0 aliphatic heterocycles. The van der Waals surface area contributed by atoms with Crippen LogP contribution in [-0.2, 0) is 19.6 Å². The molecular formula is C21H45NO8S. The first-order valence-electron chi connectivity index (χ1n) is 11.5. The number of hydrogen-bond acceptors (Lipinski definition) is 8. The molecule has 0 saturated heterocycles. The Bertz CT molecular complexity index is 474. The van der Waals surface area contributed by atoms with Crippen molar-refractivity contribution < 1.29 is 37.8 Å². The normalized spacial score (nSPS) is 11.3. The summed E-state index contributed by atoms with van der Waals surface area (Å²) >= 11 is 0. The molecule has 0 fully saturated rings. The Morgan fingerprint density at radius 2 is 1.19 bits per heavy atom. The zero-order chi connectivity index (χ0) is 23.8. The van der Waals surface area contributed by atoms with Crippen molar-refractivity contribution in [1.29, 1.82) is 0 Å². The lowest BCUT2D eigenvalue weighted by Gasteiger charge is -2.17. The van der Waals surface area contributed by atoms with Crippen LogP contribution in [0, 0.1) is 0 Å². The van der Waals surface area contributed by atoms with Crippen molar-refractivity contribution in [2.75, 3.05) is 51.8 Å². The SMILES string of the molecule is CCCCCCCCCCCCOC(=O)CCS(=O)(=O)O.OCCN(CCO)CCO. The van der Waals surface area contributed by atoms with Gasteiger partial charge < -0.3 is 20.1 Å². The average Bonchev–Trinajstić information content (AvgIpc) is 2.71. The van der Waals surface area contributed by atoms with Crippen LogP contribution in [-0.4, -0.2) is 91.0 Å². The van der Waals surface area contributed by atoms with Gasteiger partial charge in [0, 0.05) is 19.6 Å². The third-order valence-electron chi connectivity index (χ3n) is 4.57. The van der Waals surface area contributed by atoms with Crippen molar-refractivity contribution in [1.82, 2.24) is 4.90 Å². The number of esters is 1. The molecule has 0 rings (SSSR count). The van der Waals surface area contributed by atoms with Gasteiger partial charge in [0.2, 0.25) is 0 Å². The number of nitrogens with zero attached hydrogens (tertiary/aromatic N) is 1. The molecule has 0 bridgehead atoms. The Morgan fingerprint density at radius 3 is 1.58 bits per heavy atom. The van der Waals surface area contributed by atoms with Crippen LogP contribution in [0.5, 0.6) is 0 Å². The van der Waals surface area contributed by atoms with E-state index in [0.717, 1.165) is 19.3 Å². The van der Waals surface area contributed by atoms with E-state index in [0.29, 0.717) is 26.2 Å². The molecule has 0 atom stereocenters. The molecule has 0 radical (unpaired) electrons. The van der Waals surface area contributed by atoms with Crippen molar-refractivity contribution >= 4 is 16.1 Å². The molecule has 0 aromatic heterocycles. The van der Waals surface area contributed by atoms with Crippen LogP contribution in [0.4, 0.5) is 0 Å². The smallest absolute Gasteiger partial charge is 0.306 e.